The number of nitrogens with one attached hydrogen (secondary N) is 1. The Hall–Kier alpha value is -1.77. The molecule has 1 aliphatic rings. The molecule has 1 fully saturated rings. The number of sulfonamides is 1. The van der Waals surface area contributed by atoms with Crippen molar-refractivity contribution >= 4 is 32.7 Å². The Morgan fingerprint density at radius 3 is 2.70 bits per heavy atom. The van der Waals surface area contributed by atoms with Crippen molar-refractivity contribution in [2.45, 2.75) is 4.21 Å². The van der Waals surface area contributed by atoms with Crippen LogP contribution < -0.4 is 14.4 Å². The van der Waals surface area contributed by atoms with E-state index in [1.807, 2.05) is 6.07 Å². The maximum atomic E-state index is 12.4. The van der Waals surface area contributed by atoms with E-state index in [0.29, 0.717) is 24.7 Å². The topological polar surface area (TPSA) is 67.9 Å². The van der Waals surface area contributed by atoms with Crippen molar-refractivity contribution in [1.29, 1.82) is 0 Å². The summed E-state index contributed by atoms with van der Waals surface area (Å²) in [6, 6.07) is 8.78. The first-order valence-corrected chi connectivity index (χ1v) is 9.53. The average Bonchev–Trinajstić information content (AvgIpc) is 3.11. The number of ether oxygens (including phenoxy) is 2. The van der Waals surface area contributed by atoms with Crippen LogP contribution in [0.1, 0.15) is 0 Å². The lowest BCUT2D eigenvalue weighted by Gasteiger charge is -2.29. The van der Waals surface area contributed by atoms with Gasteiger partial charge in [-0.1, -0.05) is 6.07 Å². The predicted octanol–water partition coefficient (Wildman–Crippen LogP) is 2.39. The zero-order valence-corrected chi connectivity index (χ0v) is 14.3. The van der Waals surface area contributed by atoms with Crippen molar-refractivity contribution in [3.63, 3.8) is 0 Å². The van der Waals surface area contributed by atoms with E-state index in [0.717, 1.165) is 18.8 Å². The molecule has 2 heterocycles. The summed E-state index contributed by atoms with van der Waals surface area (Å²) < 4.78 is 38.4. The van der Waals surface area contributed by atoms with E-state index in [9.17, 15) is 8.42 Å². The zero-order valence-electron chi connectivity index (χ0n) is 12.7. The summed E-state index contributed by atoms with van der Waals surface area (Å²) in [6.07, 6.45) is 0. The van der Waals surface area contributed by atoms with Gasteiger partial charge >= 0.3 is 0 Å². The van der Waals surface area contributed by atoms with Gasteiger partial charge in [-0.05, 0) is 29.6 Å². The van der Waals surface area contributed by atoms with E-state index in [1.54, 1.807) is 29.6 Å². The highest BCUT2D eigenvalue weighted by atomic mass is 32.2. The van der Waals surface area contributed by atoms with Gasteiger partial charge in [0, 0.05) is 18.8 Å². The van der Waals surface area contributed by atoms with Gasteiger partial charge < -0.3 is 14.4 Å². The summed E-state index contributed by atoms with van der Waals surface area (Å²) in [5.41, 5.74) is 1.38. The number of hydrogen-bond acceptors (Lipinski definition) is 6. The molecule has 0 bridgehead atoms. The van der Waals surface area contributed by atoms with Gasteiger partial charge in [0.25, 0.3) is 10.0 Å². The molecule has 0 unspecified atom stereocenters. The molecule has 1 aromatic heterocycles. The fourth-order valence-electron chi connectivity index (χ4n) is 2.41. The SMILES string of the molecule is COc1ccc(N2CCOCC2)cc1NS(=O)(=O)c1cccs1. The van der Waals surface area contributed by atoms with Crippen LogP contribution in [0.25, 0.3) is 0 Å². The Labute approximate surface area is 139 Å². The number of methoxy groups -OCH3 is 1. The molecule has 3 rings (SSSR count). The first-order chi connectivity index (χ1) is 11.1. The van der Waals surface area contributed by atoms with Crippen LogP contribution in [0.15, 0.2) is 39.9 Å². The molecule has 2 aromatic rings. The molecule has 1 aromatic carbocycles. The third-order valence-corrected chi connectivity index (χ3v) is 6.33. The normalized spacial score (nSPS) is 15.4. The zero-order chi connectivity index (χ0) is 16.3. The second-order valence-electron chi connectivity index (χ2n) is 5.02. The fourth-order valence-corrected chi connectivity index (χ4v) is 4.46. The van der Waals surface area contributed by atoms with Gasteiger partial charge in [0.2, 0.25) is 0 Å². The maximum absolute atomic E-state index is 12.4. The second-order valence-corrected chi connectivity index (χ2v) is 7.88. The van der Waals surface area contributed by atoms with Crippen molar-refractivity contribution in [3.05, 3.63) is 35.7 Å². The number of nitrogens with zero attached hydrogens (tertiary/aromatic N) is 1. The number of hydrogen-bond donors (Lipinski definition) is 1. The molecule has 8 heteroatoms. The average molecular weight is 354 g/mol. The minimum atomic E-state index is -3.60. The predicted molar refractivity (Wildman–Crippen MR) is 91.2 cm³/mol. The molecule has 0 aliphatic carbocycles. The molecule has 0 radical (unpaired) electrons. The molecule has 6 nitrogen and oxygen atoms in total. The van der Waals surface area contributed by atoms with Gasteiger partial charge in [-0.15, -0.1) is 11.3 Å². The van der Waals surface area contributed by atoms with E-state index in [2.05, 4.69) is 9.62 Å². The second kappa shape index (κ2) is 6.77. The third kappa shape index (κ3) is 3.60. The van der Waals surface area contributed by atoms with E-state index in [1.165, 1.54) is 18.4 Å². The molecular formula is C15H18N2O4S2. The van der Waals surface area contributed by atoms with Crippen LogP contribution >= 0.6 is 11.3 Å². The Balaban J connectivity index is 1.90. The first-order valence-electron chi connectivity index (χ1n) is 7.17. The van der Waals surface area contributed by atoms with Gasteiger partial charge in [-0.25, -0.2) is 8.42 Å². The number of benzene rings is 1. The quantitative estimate of drug-likeness (QED) is 0.893. The molecule has 0 atom stereocenters. The van der Waals surface area contributed by atoms with Crippen LogP contribution in [-0.2, 0) is 14.8 Å². The van der Waals surface area contributed by atoms with Crippen LogP contribution in [0.5, 0.6) is 5.75 Å². The Bertz CT molecular complexity index is 754. The van der Waals surface area contributed by atoms with Crippen LogP contribution in [0.2, 0.25) is 0 Å². The Kier molecular flexibility index (Phi) is 4.74. The monoisotopic (exact) mass is 354 g/mol. The lowest BCUT2D eigenvalue weighted by Crippen LogP contribution is -2.36. The van der Waals surface area contributed by atoms with Gasteiger partial charge in [0.05, 0.1) is 26.0 Å². The summed E-state index contributed by atoms with van der Waals surface area (Å²) in [5.74, 6) is 0.488. The molecule has 124 valence electrons. The minimum absolute atomic E-state index is 0.274. The van der Waals surface area contributed by atoms with Gasteiger partial charge in [0.1, 0.15) is 9.96 Å². The van der Waals surface area contributed by atoms with Crippen molar-refractivity contribution in [1.82, 2.24) is 0 Å². The highest BCUT2D eigenvalue weighted by Gasteiger charge is 2.19. The van der Waals surface area contributed by atoms with Gasteiger partial charge in [-0.2, -0.15) is 0 Å². The van der Waals surface area contributed by atoms with Crippen LogP contribution in [0, 0.1) is 0 Å². The molecule has 0 saturated carbocycles. The number of morpholine rings is 1. The largest absolute Gasteiger partial charge is 0.495 e. The van der Waals surface area contributed by atoms with Crippen LogP contribution in [-0.4, -0.2) is 41.8 Å². The molecule has 0 spiro atoms. The summed E-state index contributed by atoms with van der Waals surface area (Å²) in [7, 11) is -2.08. The minimum Gasteiger partial charge on any atom is -0.495 e. The summed E-state index contributed by atoms with van der Waals surface area (Å²) in [5, 5.41) is 1.73. The third-order valence-electron chi connectivity index (χ3n) is 3.56. The van der Waals surface area contributed by atoms with E-state index in [4.69, 9.17) is 9.47 Å². The van der Waals surface area contributed by atoms with E-state index >= 15 is 0 Å². The lowest BCUT2D eigenvalue weighted by molar-refractivity contribution is 0.122. The molecule has 23 heavy (non-hydrogen) atoms. The fraction of sp³-hybridized carbons (Fsp3) is 0.333. The van der Waals surface area contributed by atoms with Crippen molar-refractivity contribution < 1.29 is 17.9 Å². The van der Waals surface area contributed by atoms with Crippen LogP contribution in [0.4, 0.5) is 11.4 Å². The number of thiophene rings is 1. The molecule has 0 amide bonds. The smallest absolute Gasteiger partial charge is 0.271 e. The number of rotatable bonds is 5. The first kappa shape index (κ1) is 16.1. The van der Waals surface area contributed by atoms with Crippen molar-refractivity contribution in [3.8, 4) is 5.75 Å². The van der Waals surface area contributed by atoms with Crippen molar-refractivity contribution in [2.75, 3.05) is 43.0 Å². The van der Waals surface area contributed by atoms with Gasteiger partial charge in [0.15, 0.2) is 0 Å². The Morgan fingerprint density at radius 2 is 2.04 bits per heavy atom. The standard InChI is InChI=1S/C15H18N2O4S2/c1-20-14-5-4-12(17-6-8-21-9-7-17)11-13(14)16-23(18,19)15-3-2-10-22-15/h2-5,10-11,16H,6-9H2,1H3. The highest BCUT2D eigenvalue weighted by Crippen LogP contribution is 2.32. The molecule has 1 N–H and O–H groups in total. The van der Waals surface area contributed by atoms with Gasteiger partial charge in [-0.3, -0.25) is 4.72 Å². The Morgan fingerprint density at radius 1 is 1.26 bits per heavy atom. The maximum Gasteiger partial charge on any atom is 0.271 e. The van der Waals surface area contributed by atoms with E-state index < -0.39 is 10.0 Å². The molecule has 1 saturated heterocycles. The summed E-state index contributed by atoms with van der Waals surface area (Å²) in [6.45, 7) is 2.90. The summed E-state index contributed by atoms with van der Waals surface area (Å²) in [4.78, 5) is 2.16. The molecular weight excluding hydrogens is 336 g/mol. The lowest BCUT2D eigenvalue weighted by atomic mass is 10.2. The van der Waals surface area contributed by atoms with Crippen molar-refractivity contribution in [2.24, 2.45) is 0 Å². The number of anilines is 2. The van der Waals surface area contributed by atoms with E-state index in [-0.39, 0.29) is 4.21 Å². The summed E-state index contributed by atoms with van der Waals surface area (Å²) >= 11 is 1.18. The highest BCUT2D eigenvalue weighted by molar-refractivity contribution is 7.94. The molecule has 1 aliphatic heterocycles. The van der Waals surface area contributed by atoms with Crippen LogP contribution in [0.3, 0.4) is 0 Å².